The Labute approximate surface area is 301 Å². The van der Waals surface area contributed by atoms with Crippen LogP contribution < -0.4 is 5.19 Å². The Balaban J connectivity index is 0.000000347. The van der Waals surface area contributed by atoms with Gasteiger partial charge in [-0.1, -0.05) is 83.8 Å². The Morgan fingerprint density at radius 2 is 1.63 bits per heavy atom. The number of aliphatic hydroxyl groups is 1. The van der Waals surface area contributed by atoms with Gasteiger partial charge in [-0.05, 0) is 37.3 Å². The van der Waals surface area contributed by atoms with E-state index < -0.39 is 19.8 Å². The van der Waals surface area contributed by atoms with Gasteiger partial charge in [0, 0.05) is 62.3 Å². The Morgan fingerprint density at radius 3 is 2.22 bits per heavy atom. The number of fused-ring (bicyclic) bond motifs is 4. The summed E-state index contributed by atoms with van der Waals surface area (Å²) in [7, 11) is -1.89. The molecule has 0 saturated carbocycles. The van der Waals surface area contributed by atoms with E-state index in [1.54, 1.807) is 16.7 Å². The number of alkyl halides is 3. The monoisotopic (exact) mass is 868 g/mol. The first-order valence-electron chi connectivity index (χ1n) is 16.8. The van der Waals surface area contributed by atoms with Crippen molar-refractivity contribution in [3.63, 3.8) is 0 Å². The molecule has 3 aromatic heterocycles. The summed E-state index contributed by atoms with van der Waals surface area (Å²) in [6.07, 6.45) is 4.38. The quantitative estimate of drug-likeness (QED) is 0.0655. The van der Waals surface area contributed by atoms with Crippen LogP contribution in [-0.2, 0) is 31.1 Å². The van der Waals surface area contributed by atoms with E-state index in [-0.39, 0.29) is 60.3 Å². The number of imidazole rings is 1. The summed E-state index contributed by atoms with van der Waals surface area (Å²) in [6, 6.07) is 15.2. The van der Waals surface area contributed by atoms with Crippen LogP contribution in [0.25, 0.3) is 38.8 Å². The van der Waals surface area contributed by atoms with Crippen molar-refractivity contribution in [2.45, 2.75) is 92.0 Å². The molecule has 3 heterocycles. The summed E-state index contributed by atoms with van der Waals surface area (Å²) in [4.78, 5) is 24.4. The summed E-state index contributed by atoms with van der Waals surface area (Å²) in [5, 5.41) is 13.1. The van der Waals surface area contributed by atoms with Crippen LogP contribution in [0.15, 0.2) is 66.8 Å². The molecule has 49 heavy (non-hydrogen) atoms. The molecule has 0 spiro atoms. The first-order valence-corrected chi connectivity index (χ1v) is 19.9. The zero-order chi connectivity index (χ0) is 35.4. The zero-order valence-electron chi connectivity index (χ0n) is 29.4. The van der Waals surface area contributed by atoms with Crippen LogP contribution in [-0.4, -0.2) is 38.3 Å². The van der Waals surface area contributed by atoms with Crippen molar-refractivity contribution in [3.05, 3.63) is 78.5 Å². The number of pyridine rings is 1. The molecule has 265 valence electrons. The van der Waals surface area contributed by atoms with E-state index in [4.69, 9.17) is 0 Å². The number of aromatic nitrogens is 4. The van der Waals surface area contributed by atoms with Crippen molar-refractivity contribution in [2.24, 2.45) is 11.8 Å². The average molecular weight is 868 g/mol. The normalized spacial score (nSPS) is 12.6. The van der Waals surface area contributed by atoms with Gasteiger partial charge in [-0.3, -0.25) is 14.2 Å². The van der Waals surface area contributed by atoms with E-state index in [2.05, 4.69) is 60.1 Å². The van der Waals surface area contributed by atoms with Crippen molar-refractivity contribution in [1.29, 1.82) is 0 Å². The van der Waals surface area contributed by atoms with Gasteiger partial charge < -0.3 is 5.11 Å². The molecular weight excluding hydrogens is 822 g/mol. The predicted octanol–water partition coefficient (Wildman–Crippen LogP) is 10.1. The maximum Gasteiger partial charge on any atom is 0.419 e. The number of ketones is 1. The van der Waals surface area contributed by atoms with Crippen molar-refractivity contribution in [2.75, 3.05) is 0 Å². The molecule has 1 radical (unpaired) electrons. The van der Waals surface area contributed by atoms with Gasteiger partial charge in [0.1, 0.15) is 5.56 Å². The minimum Gasteiger partial charge on any atom is -0.512 e. The van der Waals surface area contributed by atoms with E-state index in [1.807, 2.05) is 45.9 Å². The summed E-state index contributed by atoms with van der Waals surface area (Å²) in [5.41, 5.74) is 0.804. The molecule has 2 aromatic carbocycles. The molecular formula is C38H46F3IrN4O2Si-. The van der Waals surface area contributed by atoms with Crippen molar-refractivity contribution < 1.29 is 43.2 Å². The molecule has 1 N–H and O–H groups in total. The van der Waals surface area contributed by atoms with Gasteiger partial charge in [0.15, 0.2) is 5.78 Å². The predicted molar refractivity (Wildman–Crippen MR) is 191 cm³/mol. The minimum absolute atomic E-state index is 0. The van der Waals surface area contributed by atoms with Crippen LogP contribution in [0.2, 0.25) is 18.6 Å². The number of carbonyl (C=O) groups excluding carboxylic acids is 1. The molecule has 5 aromatic rings. The number of rotatable bonds is 10. The Hall–Kier alpha value is -3.40. The number of halogens is 3. The third-order valence-corrected chi connectivity index (χ3v) is 14.4. The smallest absolute Gasteiger partial charge is 0.419 e. The number of carbonyl (C=O) groups is 1. The first kappa shape index (κ1) is 40.0. The summed E-state index contributed by atoms with van der Waals surface area (Å²) >= 11 is 0. The molecule has 0 atom stereocenters. The van der Waals surface area contributed by atoms with Crippen LogP contribution in [0, 0.1) is 17.9 Å². The van der Waals surface area contributed by atoms with E-state index in [0.717, 1.165) is 42.7 Å². The Morgan fingerprint density at radius 1 is 1.00 bits per heavy atom. The zero-order valence-corrected chi connectivity index (χ0v) is 32.8. The van der Waals surface area contributed by atoms with Crippen LogP contribution in [0.4, 0.5) is 13.2 Å². The molecule has 0 aliphatic rings. The molecule has 0 amide bonds. The van der Waals surface area contributed by atoms with Gasteiger partial charge in [0.25, 0.3) is 0 Å². The van der Waals surface area contributed by atoms with Gasteiger partial charge in [-0.25, -0.2) is 9.97 Å². The van der Waals surface area contributed by atoms with Crippen LogP contribution in [0.1, 0.15) is 72.8 Å². The average Bonchev–Trinajstić information content (AvgIpc) is 3.44. The molecule has 0 bridgehead atoms. The number of allylic oxidation sites excluding steroid dienone is 2. The second-order valence-electron chi connectivity index (χ2n) is 13.1. The molecule has 0 saturated heterocycles. The van der Waals surface area contributed by atoms with Gasteiger partial charge in [0.2, 0.25) is 5.78 Å². The minimum atomic E-state index is -4.58. The van der Waals surface area contributed by atoms with E-state index >= 15 is 0 Å². The first-order chi connectivity index (χ1) is 22.7. The summed E-state index contributed by atoms with van der Waals surface area (Å²) < 4.78 is 42.9. The molecule has 0 aliphatic carbocycles. The SMILES string of the molecule is CC(C)[Si](C)(C)c1cc(-c2ncc(C(F)(F)F)c3nc4ncccn4c23)[c-]c2ccccc12.CCC(CC)C(=O)/C=C(\O)C(CC)CC.[Ir]. The molecule has 5 rings (SSSR count). The van der Waals surface area contributed by atoms with Gasteiger partial charge >= 0.3 is 6.18 Å². The standard InChI is InChI=1S/C25H22F3N4Si.C13H24O2.Ir/c1-15(2)33(3,4)20-13-17(12-16-8-5-6-9-18(16)20)21-23-22(19(14-30-21)25(26,27)28)31-24-29-10-7-11-32(23)24;1-5-10(6-2)12(14)9-13(15)11(7-3)8-4;/h5-11,13-15H,1-4H3;9-11,14H,5-8H2,1-4H3;/q-1;;/b;12-9-;. The maximum absolute atomic E-state index is 13.8. The fraction of sp³-hybridized carbons (Fsp3) is 0.421. The number of aliphatic hydroxyl groups excluding tert-OH is 1. The van der Waals surface area contributed by atoms with E-state index in [9.17, 15) is 23.1 Å². The fourth-order valence-electron chi connectivity index (χ4n) is 5.94. The van der Waals surface area contributed by atoms with Gasteiger partial charge in [-0.2, -0.15) is 13.2 Å². The van der Waals surface area contributed by atoms with Crippen molar-refractivity contribution in [3.8, 4) is 11.3 Å². The van der Waals surface area contributed by atoms with E-state index in [0.29, 0.717) is 16.8 Å². The molecule has 0 unspecified atom stereocenters. The van der Waals surface area contributed by atoms with Crippen LogP contribution >= 0.6 is 0 Å². The van der Waals surface area contributed by atoms with Gasteiger partial charge in [-0.15, -0.1) is 28.8 Å². The topological polar surface area (TPSA) is 80.4 Å². The number of nitrogens with zero attached hydrogens (tertiary/aromatic N) is 4. The third-order valence-electron chi connectivity index (χ3n) is 9.76. The number of hydrogen-bond donors (Lipinski definition) is 1. The second kappa shape index (κ2) is 16.5. The largest absolute Gasteiger partial charge is 0.512 e. The molecule has 6 nitrogen and oxygen atoms in total. The Kier molecular flexibility index (Phi) is 13.5. The van der Waals surface area contributed by atoms with Crippen molar-refractivity contribution >= 4 is 46.6 Å². The number of benzene rings is 2. The van der Waals surface area contributed by atoms with Crippen molar-refractivity contribution in [1.82, 2.24) is 19.4 Å². The van der Waals surface area contributed by atoms with Crippen LogP contribution in [0.5, 0.6) is 0 Å². The van der Waals surface area contributed by atoms with Crippen LogP contribution in [0.3, 0.4) is 0 Å². The second-order valence-corrected chi connectivity index (χ2v) is 18.3. The molecule has 0 aliphatic heterocycles. The Bertz CT molecular complexity index is 1930. The summed E-state index contributed by atoms with van der Waals surface area (Å²) in [5.74, 6) is 0.747. The summed E-state index contributed by atoms with van der Waals surface area (Å²) in [6.45, 7) is 17.2. The fourth-order valence-corrected chi connectivity index (χ4v) is 7.99. The van der Waals surface area contributed by atoms with E-state index in [1.165, 1.54) is 17.5 Å². The van der Waals surface area contributed by atoms with Gasteiger partial charge in [0.05, 0.1) is 24.9 Å². The molecule has 11 heteroatoms. The maximum atomic E-state index is 13.8. The molecule has 0 fully saturated rings. The third kappa shape index (κ3) is 8.50. The number of hydrogen-bond acceptors (Lipinski definition) is 5.